The summed E-state index contributed by atoms with van der Waals surface area (Å²) in [5.41, 5.74) is -5.48. The van der Waals surface area contributed by atoms with Gasteiger partial charge in [-0.3, -0.25) is 9.35 Å². The number of benzene rings is 1. The van der Waals surface area contributed by atoms with Crippen molar-refractivity contribution in [1.29, 1.82) is 0 Å². The molecule has 0 aliphatic rings. The minimum atomic E-state index is -5.58. The molecule has 1 rings (SSSR count). The molecule has 0 radical (unpaired) electrons. The van der Waals surface area contributed by atoms with Crippen LogP contribution in [0.5, 0.6) is 0 Å². The summed E-state index contributed by atoms with van der Waals surface area (Å²) in [4.78, 5) is -1.35. The Morgan fingerprint density at radius 1 is 1.22 bits per heavy atom. The zero-order chi connectivity index (χ0) is 14.6. The minimum Gasteiger partial charge on any atom is -0.760 e. The van der Waals surface area contributed by atoms with Crippen LogP contribution in [-0.4, -0.2) is 22.7 Å². The molecule has 0 saturated heterocycles. The largest absolute Gasteiger partial charge is 0.760 e. The predicted molar refractivity (Wildman–Crippen MR) is 52.7 cm³/mol. The normalized spacial score (nSPS) is 13.4. The first-order valence-corrected chi connectivity index (χ1v) is 6.52. The lowest BCUT2D eigenvalue weighted by Gasteiger charge is -2.07. The first kappa shape index (κ1) is 17.0. The summed E-state index contributed by atoms with van der Waals surface area (Å²) in [6, 6.07) is 3.34. The Kier molecular flexibility index (Phi) is 5.86. The highest BCUT2D eigenvalue weighted by molar-refractivity contribution is 7.92. The highest BCUT2D eigenvalue weighted by Crippen LogP contribution is 2.31. The molecule has 0 aliphatic heterocycles. The third kappa shape index (κ3) is 4.68. The Morgan fingerprint density at radius 3 is 1.94 bits per heavy atom. The van der Waals surface area contributed by atoms with E-state index in [-0.39, 0.29) is 0 Å². The summed E-state index contributed by atoms with van der Waals surface area (Å²) in [7, 11) is -5.58. The molecule has 0 aromatic heterocycles. The van der Waals surface area contributed by atoms with Crippen LogP contribution in [0.4, 0.5) is 17.6 Å². The molecule has 2 N–H and O–H groups in total. The maximum Gasteiger partial charge on any atom is 0.502 e. The van der Waals surface area contributed by atoms with Crippen LogP contribution < -0.4 is 5.14 Å². The van der Waals surface area contributed by atoms with E-state index in [1.807, 2.05) is 0 Å². The van der Waals surface area contributed by atoms with Gasteiger partial charge < -0.3 is 4.55 Å². The van der Waals surface area contributed by atoms with Crippen LogP contribution in [0.2, 0.25) is 0 Å². The van der Waals surface area contributed by atoms with Gasteiger partial charge in [0.05, 0.1) is 0 Å². The molecule has 0 bridgehead atoms. The first-order valence-electron chi connectivity index (χ1n) is 3.89. The number of halogens is 4. The van der Waals surface area contributed by atoms with Gasteiger partial charge >= 0.3 is 5.51 Å². The highest BCUT2D eigenvalue weighted by Gasteiger charge is 2.48. The second-order valence-corrected chi connectivity index (χ2v) is 5.07. The maximum atomic E-state index is 12.7. The molecule has 1 atom stereocenters. The van der Waals surface area contributed by atoms with Crippen LogP contribution in [0.3, 0.4) is 0 Å². The summed E-state index contributed by atoms with van der Waals surface area (Å²) in [6.45, 7) is 0. The molecular formula is C7H6F4NO4S2-. The molecule has 1 aromatic carbocycles. The SMILES string of the molecule is NS(=O)[O-].O=S(=O)(c1ccccc1F)C(F)(F)F. The lowest BCUT2D eigenvalue weighted by Crippen LogP contribution is -2.24. The number of hydrogen-bond donors (Lipinski definition) is 1. The summed E-state index contributed by atoms with van der Waals surface area (Å²) in [5.74, 6) is -1.41. The van der Waals surface area contributed by atoms with E-state index in [1.165, 1.54) is 0 Å². The lowest BCUT2D eigenvalue weighted by atomic mass is 10.3. The van der Waals surface area contributed by atoms with Crippen molar-refractivity contribution in [2.24, 2.45) is 5.14 Å². The Bertz CT molecular complexity index is 524. The maximum absolute atomic E-state index is 12.7. The third-order valence-corrected chi connectivity index (χ3v) is 2.95. The molecular weight excluding hydrogens is 302 g/mol. The van der Waals surface area contributed by atoms with E-state index in [0.717, 1.165) is 12.1 Å². The monoisotopic (exact) mass is 308 g/mol. The van der Waals surface area contributed by atoms with Crippen molar-refractivity contribution in [3.8, 4) is 0 Å². The van der Waals surface area contributed by atoms with E-state index in [0.29, 0.717) is 12.1 Å². The smallest absolute Gasteiger partial charge is 0.502 e. The van der Waals surface area contributed by atoms with Gasteiger partial charge in [-0.25, -0.2) is 12.8 Å². The average Bonchev–Trinajstić information content (AvgIpc) is 2.15. The number of sulfone groups is 1. The van der Waals surface area contributed by atoms with Crippen molar-refractivity contribution < 1.29 is 34.7 Å². The lowest BCUT2D eigenvalue weighted by molar-refractivity contribution is -0.0437. The molecule has 104 valence electrons. The van der Waals surface area contributed by atoms with Gasteiger partial charge in [0.2, 0.25) is 0 Å². The summed E-state index contributed by atoms with van der Waals surface area (Å²) < 4.78 is 87.5. The van der Waals surface area contributed by atoms with Crippen molar-refractivity contribution in [1.82, 2.24) is 0 Å². The second kappa shape index (κ2) is 6.22. The van der Waals surface area contributed by atoms with Crippen LogP contribution in [-0.2, 0) is 21.1 Å². The predicted octanol–water partition coefficient (Wildman–Crippen LogP) is 0.858. The van der Waals surface area contributed by atoms with E-state index in [1.54, 1.807) is 0 Å². The zero-order valence-electron chi connectivity index (χ0n) is 8.35. The van der Waals surface area contributed by atoms with Crippen molar-refractivity contribution in [2.45, 2.75) is 10.4 Å². The average molecular weight is 308 g/mol. The van der Waals surface area contributed by atoms with Gasteiger partial charge in [-0.15, -0.1) is 0 Å². The molecule has 0 fully saturated rings. The summed E-state index contributed by atoms with van der Waals surface area (Å²) in [5, 5.41) is 4.03. The molecule has 1 aromatic rings. The van der Waals surface area contributed by atoms with Gasteiger partial charge in [0.25, 0.3) is 9.84 Å². The fourth-order valence-corrected chi connectivity index (χ4v) is 1.62. The van der Waals surface area contributed by atoms with Crippen LogP contribution >= 0.6 is 0 Å². The van der Waals surface area contributed by atoms with Crippen molar-refractivity contribution in [2.75, 3.05) is 0 Å². The Hall–Kier alpha value is -1.04. The van der Waals surface area contributed by atoms with Crippen LogP contribution in [0, 0.1) is 5.82 Å². The van der Waals surface area contributed by atoms with Crippen LogP contribution in [0.25, 0.3) is 0 Å². The molecule has 5 nitrogen and oxygen atoms in total. The molecule has 0 spiro atoms. The highest BCUT2D eigenvalue weighted by atomic mass is 32.2. The van der Waals surface area contributed by atoms with Gasteiger partial charge in [-0.2, -0.15) is 13.2 Å². The number of alkyl halides is 3. The van der Waals surface area contributed by atoms with E-state index in [9.17, 15) is 26.0 Å². The fraction of sp³-hybridized carbons (Fsp3) is 0.143. The first-order chi connectivity index (χ1) is 8.00. The van der Waals surface area contributed by atoms with Gasteiger partial charge in [0.1, 0.15) is 10.7 Å². The summed E-state index contributed by atoms with van der Waals surface area (Å²) >= 11 is -2.36. The van der Waals surface area contributed by atoms with Crippen molar-refractivity contribution in [3.05, 3.63) is 30.1 Å². The molecule has 0 amide bonds. The van der Waals surface area contributed by atoms with Crippen molar-refractivity contribution in [3.63, 3.8) is 0 Å². The molecule has 0 aliphatic carbocycles. The minimum absolute atomic E-state index is 0.568. The van der Waals surface area contributed by atoms with Crippen LogP contribution in [0.1, 0.15) is 0 Å². The number of rotatable bonds is 1. The molecule has 0 heterocycles. The topological polar surface area (TPSA) is 100 Å². The fourth-order valence-electron chi connectivity index (χ4n) is 0.787. The Morgan fingerprint density at radius 2 is 1.61 bits per heavy atom. The van der Waals surface area contributed by atoms with E-state index in [2.05, 4.69) is 5.14 Å². The standard InChI is InChI=1S/C7H4F4O2S.H3NO2S/c8-5-3-1-2-4-6(5)14(12,13)7(9,10)11;1-4(2)3/h1-4H;1H2,(H,2,3)/p-1. The van der Waals surface area contributed by atoms with E-state index < -0.39 is 37.3 Å². The quantitative estimate of drug-likeness (QED) is 0.614. The third-order valence-electron chi connectivity index (χ3n) is 1.43. The van der Waals surface area contributed by atoms with Crippen molar-refractivity contribution >= 4 is 21.1 Å². The van der Waals surface area contributed by atoms with Gasteiger partial charge in [0, 0.05) is 11.3 Å². The van der Waals surface area contributed by atoms with E-state index in [4.69, 9.17) is 8.76 Å². The van der Waals surface area contributed by atoms with Gasteiger partial charge in [0.15, 0.2) is 0 Å². The molecule has 18 heavy (non-hydrogen) atoms. The number of hydrogen-bond acceptors (Lipinski definition) is 4. The van der Waals surface area contributed by atoms with Gasteiger partial charge in [-0.05, 0) is 12.1 Å². The molecule has 11 heteroatoms. The second-order valence-electron chi connectivity index (χ2n) is 2.64. The Labute approximate surface area is 102 Å². The molecule has 1 unspecified atom stereocenters. The van der Waals surface area contributed by atoms with Crippen LogP contribution in [0.15, 0.2) is 29.2 Å². The Balaban J connectivity index is 0.000000631. The summed E-state index contributed by atoms with van der Waals surface area (Å²) in [6.07, 6.45) is 0. The van der Waals surface area contributed by atoms with Gasteiger partial charge in [-0.1, -0.05) is 12.1 Å². The molecule has 0 saturated carbocycles. The number of nitrogens with two attached hydrogens (primary N) is 1. The van der Waals surface area contributed by atoms with E-state index >= 15 is 0 Å². The zero-order valence-corrected chi connectivity index (χ0v) is 9.98.